The Hall–Kier alpha value is -2.32. The summed E-state index contributed by atoms with van der Waals surface area (Å²) in [4.78, 5) is 0. The van der Waals surface area contributed by atoms with Crippen LogP contribution in [-0.2, 0) is 4.74 Å². The van der Waals surface area contributed by atoms with Gasteiger partial charge >= 0.3 is 0 Å². The molecule has 200 valence electrons. The molecule has 7 nitrogen and oxygen atoms in total. The molecule has 1 aliphatic carbocycles. The van der Waals surface area contributed by atoms with E-state index < -0.39 is 6.10 Å². The highest BCUT2D eigenvalue weighted by Gasteiger charge is 2.18. The SMILES string of the molecule is COCCCCOc1cc(OC(CCN)c2cccc(OCC3CCCC3)c2)cc(C(O)CCN)c1. The van der Waals surface area contributed by atoms with E-state index in [9.17, 15) is 5.11 Å². The van der Waals surface area contributed by atoms with E-state index in [-0.39, 0.29) is 6.10 Å². The Kier molecular flexibility index (Phi) is 12.3. The average Bonchev–Trinajstić information content (AvgIpc) is 3.41. The number of methoxy groups -OCH3 is 1. The summed E-state index contributed by atoms with van der Waals surface area (Å²) in [6, 6.07) is 13.7. The zero-order valence-corrected chi connectivity index (χ0v) is 21.7. The molecule has 0 aliphatic heterocycles. The number of unbranched alkanes of at least 4 members (excludes halogenated alkanes) is 1. The molecule has 2 atom stereocenters. The van der Waals surface area contributed by atoms with Gasteiger partial charge in [0.05, 0.1) is 19.3 Å². The maximum atomic E-state index is 10.6. The van der Waals surface area contributed by atoms with E-state index in [4.69, 9.17) is 30.4 Å². The maximum absolute atomic E-state index is 10.6. The molecule has 2 aromatic carbocycles. The van der Waals surface area contributed by atoms with Crippen molar-refractivity contribution in [1.82, 2.24) is 0 Å². The second-order valence-corrected chi connectivity index (χ2v) is 9.60. The number of aliphatic hydroxyl groups is 1. The van der Waals surface area contributed by atoms with Crippen LogP contribution in [0.4, 0.5) is 0 Å². The van der Waals surface area contributed by atoms with Crippen LogP contribution in [0.25, 0.3) is 0 Å². The number of rotatable bonds is 17. The van der Waals surface area contributed by atoms with Crippen LogP contribution in [0.1, 0.15) is 74.7 Å². The summed E-state index contributed by atoms with van der Waals surface area (Å²) in [6.45, 7) is 2.90. The number of aliphatic hydroxyl groups excluding tert-OH is 1. The summed E-state index contributed by atoms with van der Waals surface area (Å²) in [5.41, 5.74) is 13.4. The zero-order chi connectivity index (χ0) is 25.6. The third-order valence-electron chi connectivity index (χ3n) is 6.64. The fraction of sp³-hybridized carbons (Fsp3) is 0.586. The first kappa shape index (κ1) is 28.3. The molecule has 3 rings (SSSR count). The van der Waals surface area contributed by atoms with Gasteiger partial charge in [0.15, 0.2) is 0 Å². The first-order valence-corrected chi connectivity index (χ1v) is 13.4. The van der Waals surface area contributed by atoms with Gasteiger partial charge in [-0.3, -0.25) is 0 Å². The number of hydrogen-bond acceptors (Lipinski definition) is 7. The van der Waals surface area contributed by atoms with Crippen molar-refractivity contribution in [3.8, 4) is 17.2 Å². The van der Waals surface area contributed by atoms with E-state index in [1.165, 1.54) is 25.7 Å². The highest BCUT2D eigenvalue weighted by molar-refractivity contribution is 5.40. The van der Waals surface area contributed by atoms with Crippen molar-refractivity contribution in [3.05, 3.63) is 53.6 Å². The molecule has 0 aromatic heterocycles. The van der Waals surface area contributed by atoms with E-state index in [1.807, 2.05) is 36.4 Å². The molecule has 0 bridgehead atoms. The van der Waals surface area contributed by atoms with Gasteiger partial charge in [0.1, 0.15) is 23.4 Å². The lowest BCUT2D eigenvalue weighted by molar-refractivity contribution is 0.166. The summed E-state index contributed by atoms with van der Waals surface area (Å²) < 4.78 is 23.7. The van der Waals surface area contributed by atoms with Crippen molar-refractivity contribution in [3.63, 3.8) is 0 Å². The molecule has 1 aliphatic rings. The van der Waals surface area contributed by atoms with Crippen LogP contribution in [0.2, 0.25) is 0 Å². The van der Waals surface area contributed by atoms with Gasteiger partial charge in [-0.25, -0.2) is 0 Å². The van der Waals surface area contributed by atoms with Gasteiger partial charge in [-0.1, -0.05) is 25.0 Å². The predicted molar refractivity (Wildman–Crippen MR) is 143 cm³/mol. The van der Waals surface area contributed by atoms with Crippen molar-refractivity contribution >= 4 is 0 Å². The molecule has 0 heterocycles. The molecule has 1 fully saturated rings. The largest absolute Gasteiger partial charge is 0.493 e. The molecule has 5 N–H and O–H groups in total. The van der Waals surface area contributed by atoms with Gasteiger partial charge in [0.2, 0.25) is 0 Å². The van der Waals surface area contributed by atoms with Crippen LogP contribution in [0, 0.1) is 5.92 Å². The number of hydrogen-bond donors (Lipinski definition) is 3. The molecular weight excluding hydrogens is 456 g/mol. The average molecular weight is 501 g/mol. The lowest BCUT2D eigenvalue weighted by Gasteiger charge is -2.22. The molecule has 0 radical (unpaired) electrons. The highest BCUT2D eigenvalue weighted by atomic mass is 16.5. The first-order chi connectivity index (χ1) is 17.6. The molecule has 0 saturated heterocycles. The summed E-state index contributed by atoms with van der Waals surface area (Å²) in [7, 11) is 1.70. The number of benzene rings is 2. The van der Waals surface area contributed by atoms with Crippen molar-refractivity contribution in [1.29, 1.82) is 0 Å². The standard InChI is InChI=1S/C29H44N2O5/c1-33-15-4-5-16-34-26-18-24(28(32)11-13-30)19-27(20-26)36-29(12-14-31)23-9-6-10-25(17-23)35-21-22-7-2-3-8-22/h6,9-10,17-20,22,28-29,32H,2-5,7-8,11-16,21,30-31H2,1H3. The Morgan fingerprint density at radius 1 is 0.861 bits per heavy atom. The molecular formula is C29H44N2O5. The molecule has 0 spiro atoms. The van der Waals surface area contributed by atoms with Gasteiger partial charge in [-0.15, -0.1) is 0 Å². The highest BCUT2D eigenvalue weighted by Crippen LogP contribution is 2.33. The Balaban J connectivity index is 1.74. The van der Waals surface area contributed by atoms with E-state index in [0.717, 1.165) is 36.3 Å². The Morgan fingerprint density at radius 2 is 1.58 bits per heavy atom. The smallest absolute Gasteiger partial charge is 0.125 e. The van der Waals surface area contributed by atoms with Gasteiger partial charge < -0.3 is 35.5 Å². The monoisotopic (exact) mass is 500 g/mol. The molecule has 2 aromatic rings. The second kappa shape index (κ2) is 15.7. The van der Waals surface area contributed by atoms with Crippen molar-refractivity contribution in [2.75, 3.05) is 40.0 Å². The summed E-state index contributed by atoms with van der Waals surface area (Å²) in [5, 5.41) is 10.6. The van der Waals surface area contributed by atoms with Crippen LogP contribution in [0.5, 0.6) is 17.2 Å². The van der Waals surface area contributed by atoms with Crippen molar-refractivity contribution in [2.24, 2.45) is 17.4 Å². The lowest BCUT2D eigenvalue weighted by Crippen LogP contribution is -2.14. The normalized spacial score (nSPS) is 15.6. The van der Waals surface area contributed by atoms with Crippen LogP contribution >= 0.6 is 0 Å². The second-order valence-electron chi connectivity index (χ2n) is 9.60. The van der Waals surface area contributed by atoms with E-state index in [0.29, 0.717) is 56.6 Å². The van der Waals surface area contributed by atoms with Gasteiger partial charge in [-0.05, 0) is 86.5 Å². The van der Waals surface area contributed by atoms with E-state index in [2.05, 4.69) is 6.07 Å². The van der Waals surface area contributed by atoms with Crippen molar-refractivity contribution < 1.29 is 24.1 Å². The van der Waals surface area contributed by atoms with E-state index in [1.54, 1.807) is 7.11 Å². The number of ether oxygens (including phenoxy) is 4. The van der Waals surface area contributed by atoms with Gasteiger partial charge in [0.25, 0.3) is 0 Å². The zero-order valence-electron chi connectivity index (χ0n) is 21.7. The number of nitrogens with two attached hydrogens (primary N) is 2. The van der Waals surface area contributed by atoms with Crippen LogP contribution in [0.15, 0.2) is 42.5 Å². The van der Waals surface area contributed by atoms with Gasteiger partial charge in [-0.2, -0.15) is 0 Å². The summed E-state index contributed by atoms with van der Waals surface area (Å²) in [5.74, 6) is 2.81. The molecule has 2 unspecified atom stereocenters. The molecule has 1 saturated carbocycles. The minimum absolute atomic E-state index is 0.249. The van der Waals surface area contributed by atoms with E-state index >= 15 is 0 Å². The fourth-order valence-electron chi connectivity index (χ4n) is 4.61. The third kappa shape index (κ3) is 9.28. The third-order valence-corrected chi connectivity index (χ3v) is 6.64. The van der Waals surface area contributed by atoms with Gasteiger partial charge in [0, 0.05) is 26.2 Å². The quantitative estimate of drug-likeness (QED) is 0.265. The summed E-state index contributed by atoms with van der Waals surface area (Å²) in [6.07, 6.45) is 7.09. The lowest BCUT2D eigenvalue weighted by atomic mass is 10.0. The minimum atomic E-state index is -0.685. The van der Waals surface area contributed by atoms with Crippen LogP contribution < -0.4 is 25.7 Å². The summed E-state index contributed by atoms with van der Waals surface area (Å²) >= 11 is 0. The Labute approximate surface area is 216 Å². The minimum Gasteiger partial charge on any atom is -0.493 e. The van der Waals surface area contributed by atoms with Crippen LogP contribution in [-0.4, -0.2) is 45.1 Å². The Bertz CT molecular complexity index is 888. The molecule has 36 heavy (non-hydrogen) atoms. The molecule has 0 amide bonds. The fourth-order valence-corrected chi connectivity index (χ4v) is 4.61. The van der Waals surface area contributed by atoms with Crippen LogP contribution in [0.3, 0.4) is 0 Å². The maximum Gasteiger partial charge on any atom is 0.125 e. The Morgan fingerprint density at radius 3 is 2.33 bits per heavy atom. The first-order valence-electron chi connectivity index (χ1n) is 13.4. The topological polar surface area (TPSA) is 109 Å². The molecule has 7 heteroatoms. The predicted octanol–water partition coefficient (Wildman–Crippen LogP) is 4.91. The van der Waals surface area contributed by atoms with Crippen molar-refractivity contribution in [2.45, 2.75) is 63.6 Å².